The summed E-state index contributed by atoms with van der Waals surface area (Å²) in [5.41, 5.74) is 0.868. The maximum atomic E-state index is 14.7. The van der Waals surface area contributed by atoms with Crippen LogP contribution in [0.4, 0.5) is 4.39 Å². The van der Waals surface area contributed by atoms with Crippen LogP contribution in [0.3, 0.4) is 0 Å². The van der Waals surface area contributed by atoms with E-state index in [0.717, 1.165) is 0 Å². The molecule has 3 aromatic carbocycles. The summed E-state index contributed by atoms with van der Waals surface area (Å²) >= 11 is 6.34. The summed E-state index contributed by atoms with van der Waals surface area (Å²) in [7, 11) is -4.20. The van der Waals surface area contributed by atoms with E-state index in [-0.39, 0.29) is 31.6 Å². The Kier molecular flexibility index (Phi) is 4.79. The Morgan fingerprint density at radius 1 is 0.966 bits per heavy atom. The lowest BCUT2D eigenvalue weighted by molar-refractivity contribution is 0.596. The van der Waals surface area contributed by atoms with Gasteiger partial charge in [-0.1, -0.05) is 54.1 Å². The zero-order chi connectivity index (χ0) is 20.6. The summed E-state index contributed by atoms with van der Waals surface area (Å²) in [6.07, 6.45) is 0. The van der Waals surface area contributed by atoms with Crippen LogP contribution >= 0.6 is 11.6 Å². The molecule has 0 radical (unpaired) electrons. The Balaban J connectivity index is 2.15. The Hall–Kier alpha value is -3.27. The highest BCUT2D eigenvalue weighted by molar-refractivity contribution is 7.91. The van der Waals surface area contributed by atoms with Crippen LogP contribution in [0.2, 0.25) is 5.15 Å². The molecule has 0 atom stereocenters. The molecule has 0 spiro atoms. The number of hydrogen-bond donors (Lipinski definition) is 0. The molecule has 0 saturated carbocycles. The van der Waals surface area contributed by atoms with Gasteiger partial charge >= 0.3 is 0 Å². The molecule has 29 heavy (non-hydrogen) atoms. The third-order valence-electron chi connectivity index (χ3n) is 4.49. The van der Waals surface area contributed by atoms with Crippen molar-refractivity contribution in [1.82, 2.24) is 4.98 Å². The maximum Gasteiger partial charge on any atom is 0.210 e. The first-order valence-corrected chi connectivity index (χ1v) is 10.4. The number of para-hydroxylation sites is 1. The number of sulfone groups is 1. The van der Waals surface area contributed by atoms with Gasteiger partial charge in [0, 0.05) is 16.5 Å². The first kappa shape index (κ1) is 19.1. The minimum absolute atomic E-state index is 0.100. The first-order valence-electron chi connectivity index (χ1n) is 8.52. The van der Waals surface area contributed by atoms with Gasteiger partial charge in [-0.25, -0.2) is 17.8 Å². The van der Waals surface area contributed by atoms with Gasteiger partial charge in [-0.15, -0.1) is 0 Å². The maximum absolute atomic E-state index is 14.7. The number of aromatic nitrogens is 1. The quantitative estimate of drug-likeness (QED) is 0.414. The molecule has 0 N–H and O–H groups in total. The molecule has 4 rings (SSSR count). The van der Waals surface area contributed by atoms with Crippen molar-refractivity contribution in [2.75, 3.05) is 0 Å². The number of fused-ring (bicyclic) bond motifs is 1. The van der Waals surface area contributed by atoms with Gasteiger partial charge in [0.25, 0.3) is 0 Å². The van der Waals surface area contributed by atoms with Crippen molar-refractivity contribution in [2.24, 2.45) is 0 Å². The van der Waals surface area contributed by atoms with Crippen LogP contribution in [-0.4, -0.2) is 13.4 Å². The summed E-state index contributed by atoms with van der Waals surface area (Å²) < 4.78 is 41.8. The van der Waals surface area contributed by atoms with E-state index in [9.17, 15) is 12.8 Å². The Morgan fingerprint density at radius 2 is 1.69 bits per heavy atom. The van der Waals surface area contributed by atoms with E-state index in [1.54, 1.807) is 30.3 Å². The molecule has 4 aromatic rings. The van der Waals surface area contributed by atoms with Gasteiger partial charge in [0.05, 0.1) is 22.0 Å². The summed E-state index contributed by atoms with van der Waals surface area (Å²) in [5.74, 6) is -0.581. The van der Waals surface area contributed by atoms with Gasteiger partial charge in [-0.05, 0) is 30.3 Å². The van der Waals surface area contributed by atoms with Crippen LogP contribution in [0.15, 0.2) is 82.6 Å². The molecule has 1 aromatic heterocycles. The number of benzene rings is 3. The molecule has 0 aliphatic heterocycles. The number of nitriles is 1. The smallest absolute Gasteiger partial charge is 0.210 e. The van der Waals surface area contributed by atoms with Crippen molar-refractivity contribution < 1.29 is 12.8 Å². The van der Waals surface area contributed by atoms with Crippen molar-refractivity contribution in [2.45, 2.75) is 9.79 Å². The second-order valence-corrected chi connectivity index (χ2v) is 8.49. The Morgan fingerprint density at radius 3 is 2.45 bits per heavy atom. The second kappa shape index (κ2) is 7.28. The van der Waals surface area contributed by atoms with Gasteiger partial charge in [0.1, 0.15) is 15.9 Å². The lowest BCUT2D eigenvalue weighted by atomic mass is 10.0. The van der Waals surface area contributed by atoms with Gasteiger partial charge in [-0.2, -0.15) is 5.26 Å². The number of pyridine rings is 1. The van der Waals surface area contributed by atoms with Crippen molar-refractivity contribution in [3.63, 3.8) is 0 Å². The predicted molar refractivity (Wildman–Crippen MR) is 109 cm³/mol. The monoisotopic (exact) mass is 422 g/mol. The molecule has 4 nitrogen and oxygen atoms in total. The van der Waals surface area contributed by atoms with E-state index < -0.39 is 15.7 Å². The molecular formula is C22H12ClFN2O2S. The lowest BCUT2D eigenvalue weighted by Crippen LogP contribution is -2.08. The van der Waals surface area contributed by atoms with Crippen molar-refractivity contribution in [3.8, 4) is 17.2 Å². The molecule has 1 heterocycles. The molecule has 0 fully saturated rings. The van der Waals surface area contributed by atoms with Crippen LogP contribution in [0.1, 0.15) is 5.56 Å². The fourth-order valence-corrected chi connectivity index (χ4v) is 5.21. The van der Waals surface area contributed by atoms with Gasteiger partial charge in [0.2, 0.25) is 9.84 Å². The Bertz CT molecular complexity index is 1410. The summed E-state index contributed by atoms with van der Waals surface area (Å²) in [5, 5.41) is 9.33. The van der Waals surface area contributed by atoms with E-state index >= 15 is 0 Å². The third kappa shape index (κ3) is 3.25. The molecule has 0 amide bonds. The molecule has 142 valence electrons. The minimum Gasteiger partial charge on any atom is -0.235 e. The summed E-state index contributed by atoms with van der Waals surface area (Å²) in [6, 6.07) is 20.2. The van der Waals surface area contributed by atoms with E-state index in [0.29, 0.717) is 10.9 Å². The highest BCUT2D eigenvalue weighted by atomic mass is 35.5. The Labute approximate surface area is 171 Å². The average molecular weight is 423 g/mol. The molecule has 7 heteroatoms. The SMILES string of the molecule is N#Cc1cccc(S(=O)(=O)c2c(Cl)nc3ccccc3c2-c2ccccc2F)c1. The number of rotatable bonds is 3. The van der Waals surface area contributed by atoms with Crippen LogP contribution in [0.25, 0.3) is 22.0 Å². The van der Waals surface area contributed by atoms with E-state index in [2.05, 4.69) is 4.98 Å². The van der Waals surface area contributed by atoms with Crippen molar-refractivity contribution in [1.29, 1.82) is 5.26 Å². The molecule has 0 saturated heterocycles. The number of halogens is 2. The van der Waals surface area contributed by atoms with Crippen LogP contribution in [-0.2, 0) is 9.84 Å². The molecular weight excluding hydrogens is 411 g/mol. The second-order valence-electron chi connectivity index (χ2n) is 6.25. The number of nitrogens with zero attached hydrogens (tertiary/aromatic N) is 2. The summed E-state index contributed by atoms with van der Waals surface area (Å²) in [4.78, 5) is 3.81. The highest BCUT2D eigenvalue weighted by Gasteiger charge is 2.29. The van der Waals surface area contributed by atoms with Gasteiger partial charge in [0.15, 0.2) is 0 Å². The van der Waals surface area contributed by atoms with E-state index in [1.165, 1.54) is 42.5 Å². The minimum atomic E-state index is -4.20. The zero-order valence-electron chi connectivity index (χ0n) is 14.8. The molecule has 0 aliphatic rings. The van der Waals surface area contributed by atoms with Gasteiger partial charge in [-0.3, -0.25) is 0 Å². The molecule has 0 unspecified atom stereocenters. The first-order chi connectivity index (χ1) is 13.9. The average Bonchev–Trinajstić information content (AvgIpc) is 2.73. The summed E-state index contributed by atoms with van der Waals surface area (Å²) in [6.45, 7) is 0. The standard InChI is InChI=1S/C22H12ClFN2O2S/c23-22-21(29(27,28)15-7-5-6-14(12-15)13-25)20(16-8-1-3-10-18(16)24)17-9-2-4-11-19(17)26-22/h1-12H. The van der Waals surface area contributed by atoms with Gasteiger partial charge < -0.3 is 0 Å². The van der Waals surface area contributed by atoms with Crippen LogP contribution < -0.4 is 0 Å². The largest absolute Gasteiger partial charge is 0.235 e. The van der Waals surface area contributed by atoms with Crippen LogP contribution in [0.5, 0.6) is 0 Å². The van der Waals surface area contributed by atoms with E-state index in [4.69, 9.17) is 16.9 Å². The normalized spacial score (nSPS) is 11.3. The fourth-order valence-electron chi connectivity index (χ4n) is 3.19. The topological polar surface area (TPSA) is 70.8 Å². The molecule has 0 bridgehead atoms. The zero-order valence-corrected chi connectivity index (χ0v) is 16.4. The van der Waals surface area contributed by atoms with Crippen molar-refractivity contribution >= 4 is 32.3 Å². The fraction of sp³-hybridized carbons (Fsp3) is 0. The third-order valence-corrected chi connectivity index (χ3v) is 6.69. The highest BCUT2D eigenvalue weighted by Crippen LogP contribution is 2.41. The van der Waals surface area contributed by atoms with Crippen molar-refractivity contribution in [3.05, 3.63) is 89.3 Å². The lowest BCUT2D eigenvalue weighted by Gasteiger charge is -2.16. The van der Waals surface area contributed by atoms with Crippen LogP contribution in [0, 0.1) is 17.1 Å². The molecule has 0 aliphatic carbocycles. The number of hydrogen-bond acceptors (Lipinski definition) is 4. The van der Waals surface area contributed by atoms with E-state index in [1.807, 2.05) is 6.07 Å². The predicted octanol–water partition coefficient (Wildman–Crippen LogP) is 5.40.